The maximum atomic E-state index is 11.8. The molecule has 1 fully saturated rings. The lowest BCUT2D eigenvalue weighted by atomic mass is 9.81. The zero-order valence-electron chi connectivity index (χ0n) is 12.3. The standard InChI is InChI=1S/C16H25N3O/c1-12-2-4-13(5-3-12)8-9-18-16(20)10-15-7-6-14(17)11-19-15/h6-7,11-13H,2-5,8-10,17H2,1H3,(H,18,20). The van der Waals surface area contributed by atoms with E-state index in [2.05, 4.69) is 17.2 Å². The van der Waals surface area contributed by atoms with E-state index in [9.17, 15) is 4.79 Å². The van der Waals surface area contributed by atoms with Crippen LogP contribution in [0.3, 0.4) is 0 Å². The number of carbonyl (C=O) groups excluding carboxylic acids is 1. The van der Waals surface area contributed by atoms with E-state index in [0.29, 0.717) is 12.1 Å². The molecule has 1 saturated carbocycles. The lowest BCUT2D eigenvalue weighted by molar-refractivity contribution is -0.120. The van der Waals surface area contributed by atoms with Gasteiger partial charge in [-0.15, -0.1) is 0 Å². The number of amides is 1. The van der Waals surface area contributed by atoms with Gasteiger partial charge in [0.25, 0.3) is 0 Å². The molecule has 110 valence electrons. The van der Waals surface area contributed by atoms with Crippen LogP contribution in [0.25, 0.3) is 0 Å². The molecule has 1 amide bonds. The molecule has 0 aromatic carbocycles. The molecule has 1 aliphatic carbocycles. The van der Waals surface area contributed by atoms with Crippen molar-refractivity contribution >= 4 is 11.6 Å². The highest BCUT2D eigenvalue weighted by Crippen LogP contribution is 2.29. The van der Waals surface area contributed by atoms with Crippen LogP contribution < -0.4 is 11.1 Å². The molecule has 3 N–H and O–H groups in total. The number of nitrogens with two attached hydrogens (primary N) is 1. The summed E-state index contributed by atoms with van der Waals surface area (Å²) >= 11 is 0. The average Bonchev–Trinajstić information content (AvgIpc) is 2.44. The molecule has 0 bridgehead atoms. The number of rotatable bonds is 5. The molecule has 1 aliphatic rings. The quantitative estimate of drug-likeness (QED) is 0.867. The van der Waals surface area contributed by atoms with E-state index < -0.39 is 0 Å². The number of anilines is 1. The SMILES string of the molecule is CC1CCC(CCNC(=O)Cc2ccc(N)cn2)CC1. The largest absolute Gasteiger partial charge is 0.397 e. The number of nitrogens with zero attached hydrogens (tertiary/aromatic N) is 1. The van der Waals surface area contributed by atoms with E-state index >= 15 is 0 Å². The van der Waals surface area contributed by atoms with Gasteiger partial charge in [0.05, 0.1) is 18.3 Å². The van der Waals surface area contributed by atoms with E-state index in [0.717, 1.165) is 30.5 Å². The van der Waals surface area contributed by atoms with E-state index in [-0.39, 0.29) is 5.91 Å². The van der Waals surface area contributed by atoms with Crippen molar-refractivity contribution in [1.82, 2.24) is 10.3 Å². The highest BCUT2D eigenvalue weighted by molar-refractivity contribution is 5.78. The normalized spacial score (nSPS) is 22.4. The highest BCUT2D eigenvalue weighted by Gasteiger charge is 2.17. The Morgan fingerprint density at radius 1 is 1.35 bits per heavy atom. The Hall–Kier alpha value is -1.58. The lowest BCUT2D eigenvalue weighted by Crippen LogP contribution is -2.28. The summed E-state index contributed by atoms with van der Waals surface area (Å²) in [5.41, 5.74) is 6.96. The van der Waals surface area contributed by atoms with Crippen molar-refractivity contribution in [3.8, 4) is 0 Å². The van der Waals surface area contributed by atoms with Crippen molar-refractivity contribution in [3.63, 3.8) is 0 Å². The van der Waals surface area contributed by atoms with Gasteiger partial charge in [-0.3, -0.25) is 9.78 Å². The van der Waals surface area contributed by atoms with Crippen LogP contribution in [0.5, 0.6) is 0 Å². The number of pyridine rings is 1. The summed E-state index contributed by atoms with van der Waals surface area (Å²) in [7, 11) is 0. The summed E-state index contributed by atoms with van der Waals surface area (Å²) in [5, 5.41) is 2.99. The molecular formula is C16H25N3O. The second-order valence-corrected chi connectivity index (χ2v) is 6.02. The zero-order chi connectivity index (χ0) is 14.4. The van der Waals surface area contributed by atoms with Gasteiger partial charge in [0.2, 0.25) is 5.91 Å². The van der Waals surface area contributed by atoms with Crippen molar-refractivity contribution < 1.29 is 4.79 Å². The summed E-state index contributed by atoms with van der Waals surface area (Å²) in [6.45, 7) is 3.12. The first-order chi connectivity index (χ1) is 9.63. The second kappa shape index (κ2) is 7.27. The summed E-state index contributed by atoms with van der Waals surface area (Å²) in [4.78, 5) is 15.9. The molecule has 0 aliphatic heterocycles. The predicted molar refractivity (Wildman–Crippen MR) is 81.1 cm³/mol. The molecule has 4 heteroatoms. The van der Waals surface area contributed by atoms with Crippen LogP contribution in [0.4, 0.5) is 5.69 Å². The number of aromatic nitrogens is 1. The van der Waals surface area contributed by atoms with Gasteiger partial charge in [-0.05, 0) is 30.4 Å². The molecule has 1 aromatic heterocycles. The van der Waals surface area contributed by atoms with Crippen molar-refractivity contribution in [2.24, 2.45) is 11.8 Å². The third kappa shape index (κ3) is 4.83. The molecule has 0 atom stereocenters. The van der Waals surface area contributed by atoms with Crippen LogP contribution in [0.2, 0.25) is 0 Å². The van der Waals surface area contributed by atoms with E-state index in [1.165, 1.54) is 25.7 Å². The minimum absolute atomic E-state index is 0.0476. The first-order valence-electron chi connectivity index (χ1n) is 7.60. The Morgan fingerprint density at radius 2 is 2.10 bits per heavy atom. The number of nitrogen functional groups attached to an aromatic ring is 1. The minimum Gasteiger partial charge on any atom is -0.397 e. The average molecular weight is 275 g/mol. The number of hydrogen-bond donors (Lipinski definition) is 2. The zero-order valence-corrected chi connectivity index (χ0v) is 12.3. The fourth-order valence-electron chi connectivity index (χ4n) is 2.80. The Morgan fingerprint density at radius 3 is 2.75 bits per heavy atom. The summed E-state index contributed by atoms with van der Waals surface area (Å²) in [6, 6.07) is 3.58. The van der Waals surface area contributed by atoms with Crippen molar-refractivity contribution in [1.29, 1.82) is 0 Å². The van der Waals surface area contributed by atoms with E-state index in [1.54, 1.807) is 18.3 Å². The Balaban J connectivity index is 1.64. The summed E-state index contributed by atoms with van der Waals surface area (Å²) in [6.07, 6.45) is 8.34. The fraction of sp³-hybridized carbons (Fsp3) is 0.625. The van der Waals surface area contributed by atoms with Crippen LogP contribution in [0.1, 0.15) is 44.7 Å². The molecular weight excluding hydrogens is 250 g/mol. The van der Waals surface area contributed by atoms with E-state index in [1.807, 2.05) is 0 Å². The molecule has 2 rings (SSSR count). The van der Waals surface area contributed by atoms with Gasteiger partial charge in [-0.25, -0.2) is 0 Å². The second-order valence-electron chi connectivity index (χ2n) is 6.02. The molecule has 0 saturated heterocycles. The topological polar surface area (TPSA) is 68.0 Å². The van der Waals surface area contributed by atoms with Gasteiger partial charge in [-0.2, -0.15) is 0 Å². The molecule has 20 heavy (non-hydrogen) atoms. The van der Waals surface area contributed by atoms with Crippen molar-refractivity contribution in [3.05, 3.63) is 24.0 Å². The maximum absolute atomic E-state index is 11.8. The Bertz CT molecular complexity index is 422. The van der Waals surface area contributed by atoms with Gasteiger partial charge in [0.1, 0.15) is 0 Å². The van der Waals surface area contributed by atoms with Gasteiger partial charge >= 0.3 is 0 Å². The third-order valence-corrected chi connectivity index (χ3v) is 4.20. The third-order valence-electron chi connectivity index (χ3n) is 4.20. The van der Waals surface area contributed by atoms with Crippen LogP contribution in [0.15, 0.2) is 18.3 Å². The Labute approximate surface area is 121 Å². The first kappa shape index (κ1) is 14.8. The van der Waals surface area contributed by atoms with Crippen LogP contribution in [0, 0.1) is 11.8 Å². The molecule has 1 aromatic rings. The van der Waals surface area contributed by atoms with Crippen LogP contribution >= 0.6 is 0 Å². The molecule has 4 nitrogen and oxygen atoms in total. The fourth-order valence-corrected chi connectivity index (χ4v) is 2.80. The lowest BCUT2D eigenvalue weighted by Gasteiger charge is -2.26. The highest BCUT2D eigenvalue weighted by atomic mass is 16.1. The minimum atomic E-state index is 0.0476. The molecule has 0 radical (unpaired) electrons. The molecule has 1 heterocycles. The summed E-state index contributed by atoms with van der Waals surface area (Å²) < 4.78 is 0. The van der Waals surface area contributed by atoms with Gasteiger partial charge in [0, 0.05) is 12.2 Å². The van der Waals surface area contributed by atoms with Gasteiger partial charge < -0.3 is 11.1 Å². The number of nitrogens with one attached hydrogen (secondary N) is 1. The first-order valence-corrected chi connectivity index (χ1v) is 7.60. The Kier molecular flexibility index (Phi) is 5.39. The molecule has 0 unspecified atom stereocenters. The van der Waals surface area contributed by atoms with Crippen LogP contribution in [-0.4, -0.2) is 17.4 Å². The maximum Gasteiger partial charge on any atom is 0.226 e. The number of carbonyl (C=O) groups is 1. The smallest absolute Gasteiger partial charge is 0.226 e. The number of hydrogen-bond acceptors (Lipinski definition) is 3. The summed E-state index contributed by atoms with van der Waals surface area (Å²) in [5.74, 6) is 1.73. The van der Waals surface area contributed by atoms with Gasteiger partial charge in [0.15, 0.2) is 0 Å². The molecule has 0 spiro atoms. The van der Waals surface area contributed by atoms with Crippen LogP contribution in [-0.2, 0) is 11.2 Å². The van der Waals surface area contributed by atoms with Crippen molar-refractivity contribution in [2.45, 2.75) is 45.4 Å². The van der Waals surface area contributed by atoms with Gasteiger partial charge in [-0.1, -0.05) is 32.6 Å². The van der Waals surface area contributed by atoms with Crippen molar-refractivity contribution in [2.75, 3.05) is 12.3 Å². The monoisotopic (exact) mass is 275 g/mol. The predicted octanol–water partition coefficient (Wildman–Crippen LogP) is 2.54. The van der Waals surface area contributed by atoms with E-state index in [4.69, 9.17) is 5.73 Å².